The molecule has 0 radical (unpaired) electrons. The Labute approximate surface area is 121 Å². The van der Waals surface area contributed by atoms with Crippen LogP contribution in [0.25, 0.3) is 0 Å². The lowest BCUT2D eigenvalue weighted by Crippen LogP contribution is -2.44. The van der Waals surface area contributed by atoms with E-state index in [1.165, 1.54) is 17.5 Å². The number of nitrogens with zero attached hydrogens (tertiary/aromatic N) is 1. The summed E-state index contributed by atoms with van der Waals surface area (Å²) in [4.78, 5) is 14.2. The van der Waals surface area contributed by atoms with Gasteiger partial charge in [-0.3, -0.25) is 4.79 Å². The van der Waals surface area contributed by atoms with E-state index in [4.69, 9.17) is 4.74 Å². The molecule has 1 aromatic carbocycles. The zero-order chi connectivity index (χ0) is 14.7. The second-order valence-electron chi connectivity index (χ2n) is 6.28. The van der Waals surface area contributed by atoms with Crippen molar-refractivity contribution >= 4 is 5.91 Å². The molecule has 0 bridgehead atoms. The Morgan fingerprint density at radius 1 is 1.20 bits per heavy atom. The maximum absolute atomic E-state index is 12.2. The standard InChI is InChI=1S/C17H25NO2/c1-12-7-13(2)10-18(9-12)17(19)11-20-16-6-5-14(3)15(4)8-16/h5-6,8,12-13H,7,9-11H2,1-4H3. The number of rotatable bonds is 3. The second-order valence-corrected chi connectivity index (χ2v) is 6.28. The van der Waals surface area contributed by atoms with E-state index in [0.29, 0.717) is 11.8 Å². The zero-order valence-corrected chi connectivity index (χ0v) is 13.0. The van der Waals surface area contributed by atoms with E-state index in [1.807, 2.05) is 23.1 Å². The fraction of sp³-hybridized carbons (Fsp3) is 0.588. The third-order valence-electron chi connectivity index (χ3n) is 4.06. The van der Waals surface area contributed by atoms with Crippen LogP contribution in [0.1, 0.15) is 31.4 Å². The van der Waals surface area contributed by atoms with Gasteiger partial charge in [0.25, 0.3) is 5.91 Å². The molecule has 1 amide bonds. The van der Waals surface area contributed by atoms with Gasteiger partial charge in [0.1, 0.15) is 5.75 Å². The minimum Gasteiger partial charge on any atom is -0.484 e. The Morgan fingerprint density at radius 3 is 2.45 bits per heavy atom. The van der Waals surface area contributed by atoms with E-state index in [9.17, 15) is 4.79 Å². The molecule has 110 valence electrons. The number of likely N-dealkylation sites (tertiary alicyclic amines) is 1. The van der Waals surface area contributed by atoms with E-state index in [1.54, 1.807) is 0 Å². The van der Waals surface area contributed by atoms with Crippen LogP contribution in [0.2, 0.25) is 0 Å². The van der Waals surface area contributed by atoms with Crippen LogP contribution in [0.4, 0.5) is 0 Å². The Hall–Kier alpha value is -1.51. The molecule has 2 atom stereocenters. The molecule has 1 saturated heterocycles. The van der Waals surface area contributed by atoms with Crippen molar-refractivity contribution in [2.75, 3.05) is 19.7 Å². The van der Waals surface area contributed by atoms with Crippen LogP contribution in [0.5, 0.6) is 5.75 Å². The topological polar surface area (TPSA) is 29.5 Å². The molecular formula is C17H25NO2. The van der Waals surface area contributed by atoms with Crippen LogP contribution in [-0.2, 0) is 4.79 Å². The highest BCUT2D eigenvalue weighted by Crippen LogP contribution is 2.21. The van der Waals surface area contributed by atoms with Gasteiger partial charge in [0.2, 0.25) is 0 Å². The normalized spacial score (nSPS) is 22.7. The average molecular weight is 275 g/mol. The van der Waals surface area contributed by atoms with Gasteiger partial charge in [0.05, 0.1) is 0 Å². The number of carbonyl (C=O) groups is 1. The predicted octanol–water partition coefficient (Wildman–Crippen LogP) is 3.19. The Bertz CT molecular complexity index is 474. The number of hydrogen-bond donors (Lipinski definition) is 0. The highest BCUT2D eigenvalue weighted by atomic mass is 16.5. The summed E-state index contributed by atoms with van der Waals surface area (Å²) < 4.78 is 5.64. The molecule has 1 aliphatic rings. The second kappa shape index (κ2) is 6.29. The van der Waals surface area contributed by atoms with E-state index in [2.05, 4.69) is 27.7 Å². The number of piperidine rings is 1. The number of amides is 1. The first kappa shape index (κ1) is 14.9. The minimum atomic E-state index is 0.0987. The van der Waals surface area contributed by atoms with E-state index in [-0.39, 0.29) is 12.5 Å². The molecule has 3 nitrogen and oxygen atoms in total. The number of aryl methyl sites for hydroxylation is 2. The third kappa shape index (κ3) is 3.75. The summed E-state index contributed by atoms with van der Waals surface area (Å²) in [5.74, 6) is 2.05. The molecule has 0 N–H and O–H groups in total. The molecule has 1 aliphatic heterocycles. The van der Waals surface area contributed by atoms with Gasteiger partial charge in [-0.2, -0.15) is 0 Å². The highest BCUT2D eigenvalue weighted by molar-refractivity contribution is 5.77. The molecule has 0 aliphatic carbocycles. The van der Waals surface area contributed by atoms with E-state index in [0.717, 1.165) is 18.8 Å². The molecular weight excluding hydrogens is 250 g/mol. The molecule has 1 aromatic rings. The maximum Gasteiger partial charge on any atom is 0.260 e. The molecule has 0 aromatic heterocycles. The van der Waals surface area contributed by atoms with Crippen LogP contribution in [0.3, 0.4) is 0 Å². The molecule has 1 heterocycles. The quantitative estimate of drug-likeness (QED) is 0.848. The third-order valence-corrected chi connectivity index (χ3v) is 4.06. The van der Waals surface area contributed by atoms with Crippen molar-refractivity contribution in [3.63, 3.8) is 0 Å². The summed E-state index contributed by atoms with van der Waals surface area (Å²) in [5, 5.41) is 0. The van der Waals surface area contributed by atoms with Crippen molar-refractivity contribution < 1.29 is 9.53 Å². The van der Waals surface area contributed by atoms with E-state index < -0.39 is 0 Å². The number of hydrogen-bond acceptors (Lipinski definition) is 2. The lowest BCUT2D eigenvalue weighted by atomic mass is 9.92. The van der Waals surface area contributed by atoms with Crippen molar-refractivity contribution in [1.29, 1.82) is 0 Å². The van der Waals surface area contributed by atoms with Gasteiger partial charge in [-0.15, -0.1) is 0 Å². The zero-order valence-electron chi connectivity index (χ0n) is 13.0. The highest BCUT2D eigenvalue weighted by Gasteiger charge is 2.25. The SMILES string of the molecule is Cc1ccc(OCC(=O)N2CC(C)CC(C)C2)cc1C. The van der Waals surface area contributed by atoms with Gasteiger partial charge in [-0.1, -0.05) is 19.9 Å². The first-order valence-corrected chi connectivity index (χ1v) is 7.43. The summed E-state index contributed by atoms with van der Waals surface area (Å²) in [7, 11) is 0. The van der Waals surface area contributed by atoms with Gasteiger partial charge >= 0.3 is 0 Å². The summed E-state index contributed by atoms with van der Waals surface area (Å²) >= 11 is 0. The Balaban J connectivity index is 1.89. The van der Waals surface area contributed by atoms with Crippen molar-refractivity contribution in [3.05, 3.63) is 29.3 Å². The molecule has 0 saturated carbocycles. The van der Waals surface area contributed by atoms with Gasteiger partial charge in [-0.25, -0.2) is 0 Å². The average Bonchev–Trinajstić information content (AvgIpc) is 2.38. The maximum atomic E-state index is 12.2. The van der Waals surface area contributed by atoms with Crippen molar-refractivity contribution in [3.8, 4) is 5.75 Å². The van der Waals surface area contributed by atoms with Crippen LogP contribution < -0.4 is 4.74 Å². The van der Waals surface area contributed by atoms with Crippen LogP contribution in [-0.4, -0.2) is 30.5 Å². The van der Waals surface area contributed by atoms with Crippen molar-refractivity contribution in [2.24, 2.45) is 11.8 Å². The van der Waals surface area contributed by atoms with Crippen LogP contribution >= 0.6 is 0 Å². The fourth-order valence-corrected chi connectivity index (χ4v) is 2.91. The van der Waals surface area contributed by atoms with Gasteiger partial charge < -0.3 is 9.64 Å². The first-order chi connectivity index (χ1) is 9.45. The molecule has 2 unspecified atom stereocenters. The van der Waals surface area contributed by atoms with Gasteiger partial charge in [-0.05, 0) is 55.4 Å². The Kier molecular flexibility index (Phi) is 4.69. The molecule has 1 fully saturated rings. The molecule has 3 heteroatoms. The van der Waals surface area contributed by atoms with Crippen molar-refractivity contribution in [2.45, 2.75) is 34.1 Å². The van der Waals surface area contributed by atoms with Gasteiger partial charge in [0.15, 0.2) is 6.61 Å². The fourth-order valence-electron chi connectivity index (χ4n) is 2.91. The minimum absolute atomic E-state index is 0.0987. The summed E-state index contributed by atoms with van der Waals surface area (Å²) in [6, 6.07) is 5.95. The molecule has 20 heavy (non-hydrogen) atoms. The predicted molar refractivity (Wildman–Crippen MR) is 80.9 cm³/mol. The summed E-state index contributed by atoms with van der Waals surface area (Å²) in [6.45, 7) is 10.4. The smallest absolute Gasteiger partial charge is 0.260 e. The molecule has 2 rings (SSSR count). The monoisotopic (exact) mass is 275 g/mol. The first-order valence-electron chi connectivity index (χ1n) is 7.43. The van der Waals surface area contributed by atoms with E-state index >= 15 is 0 Å². The Morgan fingerprint density at radius 2 is 1.85 bits per heavy atom. The lowest BCUT2D eigenvalue weighted by molar-refractivity contribution is -0.136. The van der Waals surface area contributed by atoms with Crippen molar-refractivity contribution in [1.82, 2.24) is 4.90 Å². The summed E-state index contributed by atoms with van der Waals surface area (Å²) in [5.41, 5.74) is 2.43. The molecule has 0 spiro atoms. The lowest BCUT2D eigenvalue weighted by Gasteiger charge is -2.34. The van der Waals surface area contributed by atoms with Crippen LogP contribution in [0, 0.1) is 25.7 Å². The number of ether oxygens (including phenoxy) is 1. The summed E-state index contributed by atoms with van der Waals surface area (Å²) in [6.07, 6.45) is 1.21. The number of benzene rings is 1. The van der Waals surface area contributed by atoms with Gasteiger partial charge in [0, 0.05) is 13.1 Å². The largest absolute Gasteiger partial charge is 0.484 e. The number of carbonyl (C=O) groups excluding carboxylic acids is 1. The van der Waals surface area contributed by atoms with Crippen LogP contribution in [0.15, 0.2) is 18.2 Å².